The van der Waals surface area contributed by atoms with Crippen LogP contribution in [0.25, 0.3) is 27.8 Å². The van der Waals surface area contributed by atoms with E-state index in [1.807, 2.05) is 89.2 Å². The summed E-state index contributed by atoms with van der Waals surface area (Å²) in [6.45, 7) is 4.94. The second-order valence-electron chi connectivity index (χ2n) is 10.8. The van der Waals surface area contributed by atoms with Gasteiger partial charge in [-0.2, -0.15) is 0 Å². The number of carbonyl (C=O) groups excluding carboxylic acids is 1. The molecule has 0 saturated carbocycles. The summed E-state index contributed by atoms with van der Waals surface area (Å²) >= 11 is 0. The van der Waals surface area contributed by atoms with Crippen molar-refractivity contribution < 1.29 is 24.2 Å². The molecule has 4 aromatic carbocycles. The van der Waals surface area contributed by atoms with E-state index < -0.39 is 5.97 Å². The van der Waals surface area contributed by atoms with E-state index >= 15 is 0 Å². The molecule has 0 spiro atoms. The zero-order valence-corrected chi connectivity index (χ0v) is 23.7. The molecular formula is C34H30N4O5. The van der Waals surface area contributed by atoms with Crippen molar-refractivity contribution >= 4 is 28.3 Å². The molecule has 3 heterocycles. The van der Waals surface area contributed by atoms with Crippen LogP contribution in [0.5, 0.6) is 11.5 Å². The molecule has 0 radical (unpaired) electrons. The molecular weight excluding hydrogens is 544 g/mol. The lowest BCUT2D eigenvalue weighted by Gasteiger charge is -2.36. The summed E-state index contributed by atoms with van der Waals surface area (Å²) in [5, 5.41) is 11.8. The van der Waals surface area contributed by atoms with Crippen LogP contribution in [0.2, 0.25) is 0 Å². The van der Waals surface area contributed by atoms with E-state index in [4.69, 9.17) is 14.5 Å². The van der Waals surface area contributed by atoms with Crippen molar-refractivity contribution in [3.8, 4) is 28.6 Å². The predicted molar refractivity (Wildman–Crippen MR) is 164 cm³/mol. The molecule has 43 heavy (non-hydrogen) atoms. The molecule has 0 bridgehead atoms. The lowest BCUT2D eigenvalue weighted by atomic mass is 10.0. The highest BCUT2D eigenvalue weighted by Gasteiger charge is 2.28. The number of aryl methyl sites for hydroxylation is 1. The number of benzene rings is 4. The second-order valence-corrected chi connectivity index (χ2v) is 10.8. The number of rotatable bonds is 5. The first-order valence-corrected chi connectivity index (χ1v) is 14.3. The largest absolute Gasteiger partial charge is 0.486 e. The van der Waals surface area contributed by atoms with E-state index in [0.29, 0.717) is 68.1 Å². The Morgan fingerprint density at radius 3 is 2.23 bits per heavy atom. The number of imidazole rings is 1. The molecule has 1 amide bonds. The van der Waals surface area contributed by atoms with Crippen LogP contribution in [-0.4, -0.2) is 70.8 Å². The summed E-state index contributed by atoms with van der Waals surface area (Å²) in [5.41, 5.74) is 4.11. The standard InChI is InChI=1S/C34H30N4O5/c1-22-6-8-23(9-7-22)32-35-28(21-38(32)26-10-11-30-31(20-26)43-17-16-42-30)33(39)37-14-12-36(13-15-37)29-19-25-5-3-2-4-24(25)18-27(29)34(40)41/h2-11,18-21H,12-17H2,1H3,(H,40,41). The summed E-state index contributed by atoms with van der Waals surface area (Å²) in [6.07, 6.45) is 1.78. The number of ether oxygens (including phenoxy) is 2. The van der Waals surface area contributed by atoms with Gasteiger partial charge >= 0.3 is 5.97 Å². The SMILES string of the molecule is Cc1ccc(-c2nc(C(=O)N3CCN(c4cc5ccccc5cc4C(=O)O)CC3)cn2-c2ccc3c(c2)OCCO3)cc1. The maximum Gasteiger partial charge on any atom is 0.337 e. The van der Waals surface area contributed by atoms with E-state index in [2.05, 4.69) is 0 Å². The van der Waals surface area contributed by atoms with Crippen molar-refractivity contribution in [1.29, 1.82) is 0 Å². The normalized spacial score (nSPS) is 14.6. The van der Waals surface area contributed by atoms with Crippen molar-refractivity contribution in [2.45, 2.75) is 6.92 Å². The summed E-state index contributed by atoms with van der Waals surface area (Å²) in [7, 11) is 0. The molecule has 216 valence electrons. The van der Waals surface area contributed by atoms with Crippen molar-refractivity contribution in [3.63, 3.8) is 0 Å². The number of aromatic carboxylic acids is 1. The summed E-state index contributed by atoms with van der Waals surface area (Å²) < 4.78 is 13.4. The van der Waals surface area contributed by atoms with Crippen LogP contribution >= 0.6 is 0 Å². The molecule has 1 aromatic heterocycles. The summed E-state index contributed by atoms with van der Waals surface area (Å²) in [4.78, 5) is 34.6. The van der Waals surface area contributed by atoms with Gasteiger partial charge in [0.2, 0.25) is 0 Å². The van der Waals surface area contributed by atoms with Gasteiger partial charge in [0.05, 0.1) is 16.9 Å². The minimum Gasteiger partial charge on any atom is -0.486 e. The zero-order valence-electron chi connectivity index (χ0n) is 23.7. The Labute approximate surface area is 248 Å². The van der Waals surface area contributed by atoms with E-state index in [-0.39, 0.29) is 11.5 Å². The monoisotopic (exact) mass is 574 g/mol. The van der Waals surface area contributed by atoms with Crippen LogP contribution in [0.3, 0.4) is 0 Å². The third kappa shape index (κ3) is 5.03. The fourth-order valence-electron chi connectivity index (χ4n) is 5.74. The predicted octanol–water partition coefficient (Wildman–Crippen LogP) is 5.43. The van der Waals surface area contributed by atoms with Gasteiger partial charge in [-0.05, 0) is 42.0 Å². The van der Waals surface area contributed by atoms with Crippen LogP contribution in [0.15, 0.2) is 85.1 Å². The Balaban J connectivity index is 1.17. The number of anilines is 1. The van der Waals surface area contributed by atoms with E-state index in [1.165, 1.54) is 0 Å². The molecule has 7 rings (SSSR count). The molecule has 9 heteroatoms. The van der Waals surface area contributed by atoms with E-state index in [1.54, 1.807) is 17.2 Å². The van der Waals surface area contributed by atoms with Gasteiger partial charge in [0.25, 0.3) is 5.91 Å². The highest BCUT2D eigenvalue weighted by atomic mass is 16.6. The maximum absolute atomic E-state index is 13.8. The number of amides is 1. The van der Waals surface area contributed by atoms with Crippen molar-refractivity contribution in [3.05, 3.63) is 102 Å². The van der Waals surface area contributed by atoms with Crippen LogP contribution in [0.1, 0.15) is 26.4 Å². The number of nitrogens with zero attached hydrogens (tertiary/aromatic N) is 4. The second kappa shape index (κ2) is 10.8. The van der Waals surface area contributed by atoms with Gasteiger partial charge in [-0.25, -0.2) is 9.78 Å². The quantitative estimate of drug-likeness (QED) is 0.299. The smallest absolute Gasteiger partial charge is 0.337 e. The number of hydrogen-bond acceptors (Lipinski definition) is 6. The van der Waals surface area contributed by atoms with Gasteiger partial charge in [0.1, 0.15) is 24.7 Å². The van der Waals surface area contributed by atoms with Gasteiger partial charge in [-0.3, -0.25) is 9.36 Å². The van der Waals surface area contributed by atoms with Crippen LogP contribution in [-0.2, 0) is 0 Å². The van der Waals surface area contributed by atoms with Gasteiger partial charge in [0.15, 0.2) is 11.5 Å². The fraction of sp³-hybridized carbons (Fsp3) is 0.206. The van der Waals surface area contributed by atoms with Crippen LogP contribution in [0, 0.1) is 6.92 Å². The van der Waals surface area contributed by atoms with Crippen molar-refractivity contribution in [2.24, 2.45) is 0 Å². The molecule has 2 aliphatic rings. The van der Waals surface area contributed by atoms with Gasteiger partial charge < -0.3 is 24.4 Å². The van der Waals surface area contributed by atoms with Gasteiger partial charge in [-0.15, -0.1) is 0 Å². The summed E-state index contributed by atoms with van der Waals surface area (Å²) in [6, 6.07) is 25.2. The first kappa shape index (κ1) is 26.6. The summed E-state index contributed by atoms with van der Waals surface area (Å²) in [5.74, 6) is 0.874. The number of piperazine rings is 1. The zero-order chi connectivity index (χ0) is 29.5. The Bertz CT molecular complexity index is 1860. The van der Waals surface area contributed by atoms with Crippen LogP contribution in [0.4, 0.5) is 5.69 Å². The number of aromatic nitrogens is 2. The average molecular weight is 575 g/mol. The minimum absolute atomic E-state index is 0.165. The number of fused-ring (bicyclic) bond motifs is 2. The fourth-order valence-corrected chi connectivity index (χ4v) is 5.74. The molecule has 1 saturated heterocycles. The molecule has 1 fully saturated rings. The molecule has 5 aromatic rings. The molecule has 1 N–H and O–H groups in total. The van der Waals surface area contributed by atoms with Crippen LogP contribution < -0.4 is 14.4 Å². The molecule has 0 unspecified atom stereocenters. The third-order valence-corrected chi connectivity index (χ3v) is 8.04. The Morgan fingerprint density at radius 2 is 1.51 bits per heavy atom. The highest BCUT2D eigenvalue weighted by molar-refractivity contribution is 6.01. The molecule has 0 aliphatic carbocycles. The number of carboxylic acid groups (broad SMARTS) is 1. The Morgan fingerprint density at radius 1 is 0.814 bits per heavy atom. The topological polar surface area (TPSA) is 97.1 Å². The highest BCUT2D eigenvalue weighted by Crippen LogP contribution is 2.34. The Hall–Kier alpha value is -5.31. The van der Waals surface area contributed by atoms with Crippen molar-refractivity contribution in [1.82, 2.24) is 14.5 Å². The first-order chi connectivity index (χ1) is 20.9. The number of carboxylic acids is 1. The van der Waals surface area contributed by atoms with E-state index in [9.17, 15) is 14.7 Å². The lowest BCUT2D eigenvalue weighted by Crippen LogP contribution is -2.49. The molecule has 0 atom stereocenters. The number of carbonyl (C=O) groups is 2. The van der Waals surface area contributed by atoms with E-state index in [0.717, 1.165) is 27.6 Å². The Kier molecular flexibility index (Phi) is 6.69. The number of hydrogen-bond donors (Lipinski definition) is 1. The lowest BCUT2D eigenvalue weighted by molar-refractivity contribution is 0.0692. The van der Waals surface area contributed by atoms with Gasteiger partial charge in [-0.1, -0.05) is 54.1 Å². The third-order valence-electron chi connectivity index (χ3n) is 8.04. The molecule has 9 nitrogen and oxygen atoms in total. The van der Waals surface area contributed by atoms with Crippen molar-refractivity contribution in [2.75, 3.05) is 44.3 Å². The average Bonchev–Trinajstić information content (AvgIpc) is 3.49. The minimum atomic E-state index is -0.965. The molecule has 2 aliphatic heterocycles. The first-order valence-electron chi connectivity index (χ1n) is 14.3. The maximum atomic E-state index is 13.8. The van der Waals surface area contributed by atoms with Gasteiger partial charge in [0, 0.05) is 44.0 Å².